The predicted octanol–water partition coefficient (Wildman–Crippen LogP) is 5.63. The monoisotopic (exact) mass is 403 g/mol. The molecular formula is C25H25NO4. The summed E-state index contributed by atoms with van der Waals surface area (Å²) in [6, 6.07) is 23.2. The van der Waals surface area contributed by atoms with Gasteiger partial charge >= 0.3 is 5.97 Å². The molecule has 3 aromatic rings. The number of rotatable bonds is 8. The molecule has 0 atom stereocenters. The van der Waals surface area contributed by atoms with Gasteiger partial charge in [-0.15, -0.1) is 0 Å². The number of carbonyl (C=O) groups is 1. The average molecular weight is 403 g/mol. The summed E-state index contributed by atoms with van der Waals surface area (Å²) in [5.41, 5.74) is 5.22. The summed E-state index contributed by atoms with van der Waals surface area (Å²) in [6.45, 7) is 4.48. The van der Waals surface area contributed by atoms with Crippen molar-refractivity contribution in [2.45, 2.75) is 27.1 Å². The van der Waals surface area contributed by atoms with E-state index in [1.54, 1.807) is 12.1 Å². The van der Waals surface area contributed by atoms with Crippen molar-refractivity contribution in [1.29, 1.82) is 0 Å². The highest BCUT2D eigenvalue weighted by molar-refractivity contribution is 5.90. The lowest BCUT2D eigenvalue weighted by Crippen LogP contribution is -2.02. The third kappa shape index (κ3) is 5.47. The van der Waals surface area contributed by atoms with Crippen LogP contribution in [0.5, 0.6) is 5.75 Å². The van der Waals surface area contributed by atoms with Crippen LogP contribution in [0.2, 0.25) is 0 Å². The summed E-state index contributed by atoms with van der Waals surface area (Å²) in [6.07, 6.45) is 0. The second-order valence-electron chi connectivity index (χ2n) is 6.94. The number of methoxy groups -OCH3 is 1. The summed E-state index contributed by atoms with van der Waals surface area (Å²) in [5, 5.41) is 4.06. The maximum atomic E-state index is 11.7. The molecular weight excluding hydrogens is 378 g/mol. The molecule has 30 heavy (non-hydrogen) atoms. The second-order valence-corrected chi connectivity index (χ2v) is 6.94. The van der Waals surface area contributed by atoms with Crippen molar-refractivity contribution in [3.63, 3.8) is 0 Å². The van der Waals surface area contributed by atoms with Crippen molar-refractivity contribution in [3.05, 3.63) is 89.5 Å². The maximum Gasteiger partial charge on any atom is 0.337 e. The van der Waals surface area contributed by atoms with Gasteiger partial charge < -0.3 is 14.3 Å². The van der Waals surface area contributed by atoms with Crippen molar-refractivity contribution >= 4 is 11.7 Å². The molecule has 5 heteroatoms. The summed E-state index contributed by atoms with van der Waals surface area (Å²) in [7, 11) is 1.37. The molecule has 154 valence electrons. The fourth-order valence-corrected chi connectivity index (χ4v) is 2.99. The number of ether oxygens (including phenoxy) is 2. The Morgan fingerprint density at radius 1 is 0.867 bits per heavy atom. The molecule has 0 N–H and O–H groups in total. The molecule has 0 fully saturated rings. The van der Waals surface area contributed by atoms with Gasteiger partial charge in [0.25, 0.3) is 0 Å². The molecule has 0 bridgehead atoms. The molecule has 0 heterocycles. The van der Waals surface area contributed by atoms with E-state index < -0.39 is 0 Å². The molecule has 0 aliphatic carbocycles. The first kappa shape index (κ1) is 21.1. The minimum absolute atomic E-state index is 0.268. The van der Waals surface area contributed by atoms with Crippen LogP contribution in [0.4, 0.5) is 0 Å². The zero-order chi connectivity index (χ0) is 21.3. The van der Waals surface area contributed by atoms with Crippen LogP contribution >= 0.6 is 0 Å². The molecule has 5 nitrogen and oxygen atoms in total. The SMILES string of the molecule is COC(=O)c1ccc(-c2cccc(OCc3ccccc3)c2CON=C(C)C)cc1. The number of oxime groups is 1. The van der Waals surface area contributed by atoms with E-state index in [9.17, 15) is 4.79 Å². The first-order valence-electron chi connectivity index (χ1n) is 9.69. The van der Waals surface area contributed by atoms with Crippen molar-refractivity contribution in [1.82, 2.24) is 0 Å². The normalized spacial score (nSPS) is 10.2. The molecule has 0 saturated heterocycles. The molecule has 0 spiro atoms. The van der Waals surface area contributed by atoms with E-state index in [1.165, 1.54) is 7.11 Å². The van der Waals surface area contributed by atoms with E-state index in [2.05, 4.69) is 5.16 Å². The van der Waals surface area contributed by atoms with Crippen LogP contribution in [0.3, 0.4) is 0 Å². The molecule has 0 aliphatic rings. The average Bonchev–Trinajstić information content (AvgIpc) is 2.78. The summed E-state index contributed by atoms with van der Waals surface area (Å²) in [4.78, 5) is 17.3. The van der Waals surface area contributed by atoms with Gasteiger partial charge in [-0.3, -0.25) is 0 Å². The van der Waals surface area contributed by atoms with Crippen LogP contribution in [0, 0.1) is 0 Å². The Bertz CT molecular complexity index is 1010. The molecule has 0 unspecified atom stereocenters. The fraction of sp³-hybridized carbons (Fsp3) is 0.200. The molecule has 0 aromatic heterocycles. The quantitative estimate of drug-likeness (QED) is 0.278. The number of esters is 1. The Balaban J connectivity index is 1.92. The molecule has 0 amide bonds. The van der Waals surface area contributed by atoms with Gasteiger partial charge in [0, 0.05) is 5.56 Å². The highest BCUT2D eigenvalue weighted by Crippen LogP contribution is 2.32. The van der Waals surface area contributed by atoms with E-state index in [4.69, 9.17) is 14.3 Å². The molecule has 3 aromatic carbocycles. The van der Waals surface area contributed by atoms with Crippen molar-refractivity contribution in [2.75, 3.05) is 7.11 Å². The topological polar surface area (TPSA) is 57.1 Å². The number of hydrogen-bond donors (Lipinski definition) is 0. The van der Waals surface area contributed by atoms with Gasteiger partial charge in [0.2, 0.25) is 0 Å². The zero-order valence-corrected chi connectivity index (χ0v) is 17.4. The van der Waals surface area contributed by atoms with Gasteiger partial charge in [-0.25, -0.2) is 4.79 Å². The first-order chi connectivity index (χ1) is 14.6. The van der Waals surface area contributed by atoms with Gasteiger partial charge in [0.05, 0.1) is 18.4 Å². The number of carbonyl (C=O) groups excluding carboxylic acids is 1. The van der Waals surface area contributed by atoms with Gasteiger partial charge in [0.15, 0.2) is 0 Å². The van der Waals surface area contributed by atoms with E-state index in [1.807, 2.05) is 74.5 Å². The Kier molecular flexibility index (Phi) is 7.22. The summed E-state index contributed by atoms with van der Waals surface area (Å²) in [5.74, 6) is 0.371. The highest BCUT2D eigenvalue weighted by Gasteiger charge is 2.14. The summed E-state index contributed by atoms with van der Waals surface area (Å²) >= 11 is 0. The molecule has 0 saturated carbocycles. The molecule has 3 rings (SSSR count). The van der Waals surface area contributed by atoms with Crippen LogP contribution in [-0.4, -0.2) is 18.8 Å². The highest BCUT2D eigenvalue weighted by atomic mass is 16.6. The molecule has 0 radical (unpaired) electrons. The lowest BCUT2D eigenvalue weighted by molar-refractivity contribution is 0.0600. The van der Waals surface area contributed by atoms with Crippen molar-refractivity contribution in [3.8, 4) is 16.9 Å². The van der Waals surface area contributed by atoms with Gasteiger partial charge in [-0.05, 0) is 48.7 Å². The predicted molar refractivity (Wildman–Crippen MR) is 118 cm³/mol. The van der Waals surface area contributed by atoms with Gasteiger partial charge in [-0.1, -0.05) is 59.8 Å². The Hall–Kier alpha value is -3.60. The van der Waals surface area contributed by atoms with Crippen molar-refractivity contribution < 1.29 is 19.1 Å². The van der Waals surface area contributed by atoms with Gasteiger partial charge in [0.1, 0.15) is 19.0 Å². The van der Waals surface area contributed by atoms with Gasteiger partial charge in [-0.2, -0.15) is 0 Å². The van der Waals surface area contributed by atoms with E-state index in [-0.39, 0.29) is 12.6 Å². The minimum atomic E-state index is -0.363. The smallest absolute Gasteiger partial charge is 0.337 e. The summed E-state index contributed by atoms with van der Waals surface area (Å²) < 4.78 is 10.9. The number of benzene rings is 3. The van der Waals surface area contributed by atoms with Crippen LogP contribution < -0.4 is 4.74 Å². The lowest BCUT2D eigenvalue weighted by Gasteiger charge is -2.16. The van der Waals surface area contributed by atoms with Crippen molar-refractivity contribution in [2.24, 2.45) is 5.16 Å². The Labute approximate surface area is 176 Å². The first-order valence-corrected chi connectivity index (χ1v) is 9.69. The minimum Gasteiger partial charge on any atom is -0.488 e. The van der Waals surface area contributed by atoms with E-state index in [0.717, 1.165) is 33.7 Å². The standard InChI is InChI=1S/C25H25NO4/c1-18(2)26-30-17-23-22(20-12-14-21(15-13-20)25(27)28-3)10-7-11-24(23)29-16-19-8-5-4-6-9-19/h4-15H,16-17H2,1-3H3. The maximum absolute atomic E-state index is 11.7. The van der Waals surface area contributed by atoms with E-state index in [0.29, 0.717) is 12.2 Å². The Morgan fingerprint density at radius 2 is 1.60 bits per heavy atom. The van der Waals surface area contributed by atoms with Crippen LogP contribution in [0.15, 0.2) is 78.0 Å². The second kappa shape index (κ2) is 10.3. The Morgan fingerprint density at radius 3 is 2.27 bits per heavy atom. The fourth-order valence-electron chi connectivity index (χ4n) is 2.99. The van der Waals surface area contributed by atoms with Crippen LogP contribution in [0.1, 0.15) is 35.3 Å². The largest absolute Gasteiger partial charge is 0.488 e. The third-order valence-corrected chi connectivity index (χ3v) is 4.44. The third-order valence-electron chi connectivity index (χ3n) is 4.44. The van der Waals surface area contributed by atoms with Crippen LogP contribution in [0.25, 0.3) is 11.1 Å². The lowest BCUT2D eigenvalue weighted by atomic mass is 9.98. The van der Waals surface area contributed by atoms with E-state index >= 15 is 0 Å². The number of nitrogens with zero attached hydrogens (tertiary/aromatic N) is 1. The van der Waals surface area contributed by atoms with Crippen LogP contribution in [-0.2, 0) is 22.8 Å². The number of hydrogen-bond acceptors (Lipinski definition) is 5. The zero-order valence-electron chi connectivity index (χ0n) is 17.4. The molecule has 0 aliphatic heterocycles.